The summed E-state index contributed by atoms with van der Waals surface area (Å²) in [6.45, 7) is 5.46. The fourth-order valence-electron chi connectivity index (χ4n) is 3.46. The van der Waals surface area contributed by atoms with Crippen LogP contribution in [0.1, 0.15) is 23.4 Å². The molecule has 1 atom stereocenters. The van der Waals surface area contributed by atoms with E-state index in [4.69, 9.17) is 23.2 Å². The number of hydrogen-bond acceptors (Lipinski definition) is 4. The molecule has 5 nitrogen and oxygen atoms in total. The Morgan fingerprint density at radius 3 is 2.55 bits per heavy atom. The van der Waals surface area contributed by atoms with Crippen LogP contribution in [0.15, 0.2) is 53.6 Å². The molecule has 1 unspecified atom stereocenters. The van der Waals surface area contributed by atoms with E-state index in [1.54, 1.807) is 37.3 Å². The van der Waals surface area contributed by atoms with E-state index in [1.807, 2.05) is 26.0 Å². The normalized spacial score (nSPS) is 12.2. The number of fused-ring (bicyclic) bond motifs is 1. The Bertz CT molecular complexity index is 1360. The highest BCUT2D eigenvalue weighted by molar-refractivity contribution is 7.19. The van der Waals surface area contributed by atoms with Crippen LogP contribution in [0.5, 0.6) is 0 Å². The topological polar surface area (TPSA) is 64.0 Å². The van der Waals surface area contributed by atoms with Crippen molar-refractivity contribution in [3.63, 3.8) is 0 Å². The van der Waals surface area contributed by atoms with Crippen LogP contribution in [0.2, 0.25) is 10.0 Å². The van der Waals surface area contributed by atoms with Crippen molar-refractivity contribution < 1.29 is 4.79 Å². The summed E-state index contributed by atoms with van der Waals surface area (Å²) in [7, 11) is 0. The van der Waals surface area contributed by atoms with Gasteiger partial charge in [-0.2, -0.15) is 0 Å². The Kier molecular flexibility index (Phi) is 5.88. The predicted octanol–water partition coefficient (Wildman–Crippen LogP) is 6.25. The summed E-state index contributed by atoms with van der Waals surface area (Å²) in [6, 6.07) is 11.9. The van der Waals surface area contributed by atoms with Crippen LogP contribution in [0.4, 0.5) is 5.69 Å². The molecule has 158 valence electrons. The summed E-state index contributed by atoms with van der Waals surface area (Å²) >= 11 is 13.6. The van der Waals surface area contributed by atoms with E-state index >= 15 is 0 Å². The van der Waals surface area contributed by atoms with Gasteiger partial charge in [-0.25, -0.2) is 4.98 Å². The molecule has 0 aliphatic rings. The first-order valence-electron chi connectivity index (χ1n) is 9.60. The van der Waals surface area contributed by atoms with Crippen molar-refractivity contribution in [2.45, 2.75) is 26.8 Å². The number of nitrogens with one attached hydrogen (secondary N) is 1. The van der Waals surface area contributed by atoms with Crippen molar-refractivity contribution in [1.29, 1.82) is 0 Å². The van der Waals surface area contributed by atoms with Crippen LogP contribution in [0, 0.1) is 13.8 Å². The number of rotatable bonds is 4. The molecule has 0 fully saturated rings. The van der Waals surface area contributed by atoms with Gasteiger partial charge in [0.05, 0.1) is 11.7 Å². The van der Waals surface area contributed by atoms with E-state index in [0.29, 0.717) is 25.9 Å². The Morgan fingerprint density at radius 1 is 1.13 bits per heavy atom. The van der Waals surface area contributed by atoms with Crippen molar-refractivity contribution in [3.05, 3.63) is 79.6 Å². The van der Waals surface area contributed by atoms with Gasteiger partial charge in [0, 0.05) is 26.2 Å². The molecule has 4 aromatic rings. The monoisotopic (exact) mass is 471 g/mol. The molecular weight excluding hydrogens is 453 g/mol. The second-order valence-corrected chi connectivity index (χ2v) is 9.30. The third-order valence-electron chi connectivity index (χ3n) is 5.27. The summed E-state index contributed by atoms with van der Waals surface area (Å²) in [5, 5.41) is 4.55. The number of thiophene rings is 1. The lowest BCUT2D eigenvalue weighted by molar-refractivity contribution is -0.118. The number of nitrogens with zero attached hydrogens (tertiary/aromatic N) is 2. The van der Waals surface area contributed by atoms with Gasteiger partial charge in [-0.1, -0.05) is 41.4 Å². The molecule has 8 heteroatoms. The highest BCUT2D eigenvalue weighted by atomic mass is 35.5. The molecule has 2 aromatic heterocycles. The molecule has 31 heavy (non-hydrogen) atoms. The lowest BCUT2D eigenvalue weighted by Gasteiger charge is -2.16. The van der Waals surface area contributed by atoms with Crippen LogP contribution < -0.4 is 10.9 Å². The molecule has 4 rings (SSSR count). The molecule has 0 saturated heterocycles. The summed E-state index contributed by atoms with van der Waals surface area (Å²) in [6.07, 6.45) is 1.43. The molecule has 2 aromatic carbocycles. The van der Waals surface area contributed by atoms with Crippen molar-refractivity contribution in [2.75, 3.05) is 5.32 Å². The number of anilines is 1. The Morgan fingerprint density at radius 2 is 1.84 bits per heavy atom. The maximum atomic E-state index is 13.4. The molecule has 0 radical (unpaired) electrons. The van der Waals surface area contributed by atoms with Crippen molar-refractivity contribution in [2.24, 2.45) is 0 Å². The number of benzene rings is 2. The fraction of sp³-hybridized carbons (Fsp3) is 0.174. The van der Waals surface area contributed by atoms with Gasteiger partial charge in [0.15, 0.2) is 0 Å². The third kappa shape index (κ3) is 3.99. The highest BCUT2D eigenvalue weighted by Crippen LogP contribution is 2.36. The molecule has 2 heterocycles. The maximum absolute atomic E-state index is 13.4. The largest absolute Gasteiger partial charge is 0.324 e. The van der Waals surface area contributed by atoms with E-state index < -0.39 is 6.04 Å². The number of hydrogen-bond donors (Lipinski definition) is 1. The number of aryl methyl sites for hydroxylation is 1. The van der Waals surface area contributed by atoms with E-state index in [2.05, 4.69) is 10.3 Å². The minimum absolute atomic E-state index is 0.259. The van der Waals surface area contributed by atoms with Gasteiger partial charge in [0.25, 0.3) is 5.56 Å². The van der Waals surface area contributed by atoms with Gasteiger partial charge in [-0.3, -0.25) is 14.2 Å². The minimum atomic E-state index is -0.763. The average Bonchev–Trinajstić information content (AvgIpc) is 3.08. The lowest BCUT2D eigenvalue weighted by atomic mass is 10.0. The number of carbonyl (C=O) groups is 1. The van der Waals surface area contributed by atoms with Crippen LogP contribution in [-0.4, -0.2) is 15.5 Å². The van der Waals surface area contributed by atoms with Gasteiger partial charge < -0.3 is 5.32 Å². The summed E-state index contributed by atoms with van der Waals surface area (Å²) in [4.78, 5) is 32.4. The summed E-state index contributed by atoms with van der Waals surface area (Å²) in [5.41, 5.74) is 2.83. The van der Waals surface area contributed by atoms with Crippen molar-refractivity contribution >= 4 is 56.3 Å². The first-order valence-corrected chi connectivity index (χ1v) is 11.2. The van der Waals surface area contributed by atoms with Crippen LogP contribution >= 0.6 is 34.5 Å². The van der Waals surface area contributed by atoms with E-state index in [1.165, 1.54) is 22.2 Å². The second-order valence-electron chi connectivity index (χ2n) is 7.25. The summed E-state index contributed by atoms with van der Waals surface area (Å²) in [5.74, 6) is -0.325. The number of carbonyl (C=O) groups excluding carboxylic acids is 1. The number of amides is 1. The quantitative estimate of drug-likeness (QED) is 0.382. The molecular formula is C23H19Cl2N3O2S. The van der Waals surface area contributed by atoms with Crippen LogP contribution in [0.25, 0.3) is 21.3 Å². The number of aromatic nitrogens is 2. The maximum Gasteiger partial charge on any atom is 0.263 e. The molecule has 1 amide bonds. The fourth-order valence-corrected chi connectivity index (χ4v) is 4.77. The van der Waals surface area contributed by atoms with Gasteiger partial charge in [0.2, 0.25) is 5.91 Å². The van der Waals surface area contributed by atoms with Gasteiger partial charge in [0.1, 0.15) is 10.9 Å². The van der Waals surface area contributed by atoms with Crippen molar-refractivity contribution in [3.8, 4) is 11.1 Å². The first-order chi connectivity index (χ1) is 14.8. The molecule has 0 spiro atoms. The van der Waals surface area contributed by atoms with E-state index in [9.17, 15) is 9.59 Å². The molecule has 1 N–H and O–H groups in total. The second kappa shape index (κ2) is 8.46. The Labute approximate surface area is 193 Å². The first kappa shape index (κ1) is 21.6. The van der Waals surface area contributed by atoms with Crippen molar-refractivity contribution in [1.82, 2.24) is 9.55 Å². The van der Waals surface area contributed by atoms with E-state index in [-0.39, 0.29) is 11.5 Å². The zero-order valence-corrected chi connectivity index (χ0v) is 19.4. The molecule has 0 saturated carbocycles. The van der Waals surface area contributed by atoms with Gasteiger partial charge >= 0.3 is 0 Å². The van der Waals surface area contributed by atoms with Gasteiger partial charge in [-0.15, -0.1) is 11.3 Å². The Hall–Kier alpha value is -2.67. The SMILES string of the molecule is Cc1sc2ncn(C(C)C(=O)Nc3cccc(Cl)c3C)c(=O)c2c1-c1ccc(Cl)cc1. The standard InChI is InChI=1S/C23H19Cl2N3O2S/c1-12-17(25)5-4-6-18(12)27-21(29)13(2)28-11-26-22-20(23(28)30)19(14(3)31-22)15-7-9-16(24)10-8-15/h4-11,13H,1-3H3,(H,27,29). The molecule has 0 aliphatic carbocycles. The summed E-state index contributed by atoms with van der Waals surface area (Å²) < 4.78 is 1.36. The van der Waals surface area contributed by atoms with Gasteiger partial charge in [-0.05, 0) is 56.2 Å². The third-order valence-corrected chi connectivity index (χ3v) is 6.94. The van der Waals surface area contributed by atoms with Crippen LogP contribution in [0.3, 0.4) is 0 Å². The number of halogens is 2. The molecule has 0 aliphatic heterocycles. The minimum Gasteiger partial charge on any atom is -0.324 e. The van der Waals surface area contributed by atoms with E-state index in [0.717, 1.165) is 21.6 Å². The average molecular weight is 472 g/mol. The Balaban J connectivity index is 1.76. The highest BCUT2D eigenvalue weighted by Gasteiger charge is 2.22. The molecule has 0 bridgehead atoms. The lowest BCUT2D eigenvalue weighted by Crippen LogP contribution is -2.31. The zero-order valence-electron chi connectivity index (χ0n) is 17.1. The smallest absolute Gasteiger partial charge is 0.263 e. The van der Waals surface area contributed by atoms with Crippen LogP contribution in [-0.2, 0) is 4.79 Å². The predicted molar refractivity (Wildman–Crippen MR) is 129 cm³/mol. The zero-order chi connectivity index (χ0) is 22.3.